The number of fused-ring (bicyclic) bond motifs is 1. The number of pyridine rings is 1. The fourth-order valence-corrected chi connectivity index (χ4v) is 2.65. The molecular weight excluding hydrogens is 354 g/mol. The van der Waals surface area contributed by atoms with Gasteiger partial charge in [-0.15, -0.1) is 0 Å². The van der Waals surface area contributed by atoms with Crippen LogP contribution in [-0.4, -0.2) is 15.8 Å². The standard InChI is InChI=1S/C19H14ClN3O3/c1-12-5-8-14-3-2-4-16(19(14)21-12)22-18(24)10-7-13-6-9-15(20)17(11-13)23(25)26/h2-11H,1H3,(H,22,24). The maximum absolute atomic E-state index is 12.2. The molecule has 7 heteroatoms. The highest BCUT2D eigenvalue weighted by molar-refractivity contribution is 6.32. The number of carbonyl (C=O) groups excluding carboxylic acids is 1. The molecule has 0 spiro atoms. The lowest BCUT2D eigenvalue weighted by atomic mass is 10.1. The minimum Gasteiger partial charge on any atom is -0.321 e. The van der Waals surface area contributed by atoms with Crippen LogP contribution < -0.4 is 5.32 Å². The van der Waals surface area contributed by atoms with Crippen LogP contribution in [0, 0.1) is 17.0 Å². The molecule has 0 saturated heterocycles. The molecule has 1 amide bonds. The van der Waals surface area contributed by atoms with Crippen molar-refractivity contribution in [1.29, 1.82) is 0 Å². The van der Waals surface area contributed by atoms with Crippen LogP contribution in [0.5, 0.6) is 0 Å². The van der Waals surface area contributed by atoms with Gasteiger partial charge < -0.3 is 5.32 Å². The number of halogens is 1. The van der Waals surface area contributed by atoms with Gasteiger partial charge in [0.1, 0.15) is 5.02 Å². The Labute approximate surface area is 154 Å². The van der Waals surface area contributed by atoms with Gasteiger partial charge in [0.25, 0.3) is 5.69 Å². The fraction of sp³-hybridized carbons (Fsp3) is 0.0526. The molecule has 0 unspecified atom stereocenters. The molecule has 2 aromatic carbocycles. The number of anilines is 1. The molecule has 26 heavy (non-hydrogen) atoms. The van der Waals surface area contributed by atoms with Gasteiger partial charge in [-0.1, -0.05) is 35.9 Å². The first-order valence-electron chi connectivity index (χ1n) is 7.73. The summed E-state index contributed by atoms with van der Waals surface area (Å²) in [5.74, 6) is -0.363. The van der Waals surface area contributed by atoms with Crippen LogP contribution in [0.4, 0.5) is 11.4 Å². The van der Waals surface area contributed by atoms with Crippen LogP contribution in [0.25, 0.3) is 17.0 Å². The molecule has 0 aliphatic heterocycles. The number of nitrogens with one attached hydrogen (secondary N) is 1. The topological polar surface area (TPSA) is 85.1 Å². The Balaban J connectivity index is 1.81. The number of hydrogen-bond acceptors (Lipinski definition) is 4. The third kappa shape index (κ3) is 3.87. The van der Waals surface area contributed by atoms with Crippen molar-refractivity contribution in [2.75, 3.05) is 5.32 Å². The molecule has 0 bridgehead atoms. The largest absolute Gasteiger partial charge is 0.321 e. The van der Waals surface area contributed by atoms with Crippen LogP contribution >= 0.6 is 11.6 Å². The van der Waals surface area contributed by atoms with E-state index in [1.165, 1.54) is 24.3 Å². The molecule has 3 rings (SSSR count). The van der Waals surface area contributed by atoms with Gasteiger partial charge in [-0.3, -0.25) is 19.9 Å². The number of amides is 1. The molecule has 0 atom stereocenters. The molecule has 130 valence electrons. The van der Waals surface area contributed by atoms with Crippen molar-refractivity contribution in [2.45, 2.75) is 6.92 Å². The van der Waals surface area contributed by atoms with Crippen molar-refractivity contribution in [1.82, 2.24) is 4.98 Å². The van der Waals surface area contributed by atoms with E-state index in [9.17, 15) is 14.9 Å². The average Bonchev–Trinajstić information content (AvgIpc) is 2.61. The van der Waals surface area contributed by atoms with Crippen molar-refractivity contribution in [3.63, 3.8) is 0 Å². The third-order valence-electron chi connectivity index (χ3n) is 3.71. The summed E-state index contributed by atoms with van der Waals surface area (Å²) in [6.45, 7) is 1.88. The Morgan fingerprint density at radius 3 is 2.81 bits per heavy atom. The van der Waals surface area contributed by atoms with Gasteiger partial charge in [0.2, 0.25) is 5.91 Å². The van der Waals surface area contributed by atoms with Crippen LogP contribution in [0.2, 0.25) is 5.02 Å². The summed E-state index contributed by atoms with van der Waals surface area (Å²) >= 11 is 5.78. The number of aromatic nitrogens is 1. The van der Waals surface area contributed by atoms with Crippen molar-refractivity contribution in [2.24, 2.45) is 0 Å². The van der Waals surface area contributed by atoms with Crippen LogP contribution in [0.1, 0.15) is 11.3 Å². The van der Waals surface area contributed by atoms with E-state index in [1.807, 2.05) is 31.2 Å². The maximum atomic E-state index is 12.2. The van der Waals surface area contributed by atoms with Crippen molar-refractivity contribution >= 4 is 45.9 Å². The number of nitrogens with zero attached hydrogens (tertiary/aromatic N) is 2. The summed E-state index contributed by atoms with van der Waals surface area (Å²) in [5.41, 5.74) is 2.45. The molecule has 1 heterocycles. The number of carbonyl (C=O) groups is 1. The Kier molecular flexibility index (Phi) is 4.95. The first kappa shape index (κ1) is 17.6. The number of para-hydroxylation sites is 1. The van der Waals surface area contributed by atoms with Crippen LogP contribution in [0.15, 0.2) is 54.6 Å². The summed E-state index contributed by atoms with van der Waals surface area (Å²) < 4.78 is 0. The predicted molar refractivity (Wildman–Crippen MR) is 102 cm³/mol. The molecule has 0 aliphatic rings. The van der Waals surface area contributed by atoms with E-state index >= 15 is 0 Å². The minimum absolute atomic E-state index is 0.0498. The highest BCUT2D eigenvalue weighted by Crippen LogP contribution is 2.26. The zero-order valence-corrected chi connectivity index (χ0v) is 14.5. The molecule has 6 nitrogen and oxygen atoms in total. The van der Waals surface area contributed by atoms with Gasteiger partial charge in [0, 0.05) is 23.2 Å². The average molecular weight is 368 g/mol. The number of nitro groups is 1. The number of nitro benzene ring substituents is 1. The summed E-state index contributed by atoms with van der Waals surface area (Å²) in [5, 5.41) is 14.7. The maximum Gasteiger partial charge on any atom is 0.288 e. The second kappa shape index (κ2) is 7.33. The van der Waals surface area contributed by atoms with E-state index < -0.39 is 4.92 Å². The summed E-state index contributed by atoms with van der Waals surface area (Å²) in [4.78, 5) is 27.0. The van der Waals surface area contributed by atoms with Gasteiger partial charge in [0.05, 0.1) is 16.1 Å². The van der Waals surface area contributed by atoms with Crippen molar-refractivity contribution in [3.05, 3.63) is 81.0 Å². The SMILES string of the molecule is Cc1ccc2cccc(NC(=O)C=Cc3ccc(Cl)c([N+](=O)[O-])c3)c2n1. The second-order valence-corrected chi connectivity index (χ2v) is 6.03. The monoisotopic (exact) mass is 367 g/mol. The zero-order chi connectivity index (χ0) is 18.7. The first-order valence-corrected chi connectivity index (χ1v) is 8.11. The molecule has 1 N–H and O–H groups in total. The number of rotatable bonds is 4. The molecule has 0 fully saturated rings. The number of benzene rings is 2. The highest BCUT2D eigenvalue weighted by atomic mass is 35.5. The Hall–Kier alpha value is -3.25. The smallest absolute Gasteiger partial charge is 0.288 e. The van der Waals surface area contributed by atoms with Gasteiger partial charge >= 0.3 is 0 Å². The molecule has 0 aliphatic carbocycles. The first-order chi connectivity index (χ1) is 12.4. The second-order valence-electron chi connectivity index (χ2n) is 5.62. The lowest BCUT2D eigenvalue weighted by Crippen LogP contribution is -2.08. The minimum atomic E-state index is -0.566. The van der Waals surface area contributed by atoms with Crippen LogP contribution in [-0.2, 0) is 4.79 Å². The molecule has 0 radical (unpaired) electrons. The number of aryl methyl sites for hydroxylation is 1. The highest BCUT2D eigenvalue weighted by Gasteiger charge is 2.12. The quantitative estimate of drug-likeness (QED) is 0.409. The molecule has 0 saturated carbocycles. The third-order valence-corrected chi connectivity index (χ3v) is 4.03. The normalized spacial score (nSPS) is 11.0. The lowest BCUT2D eigenvalue weighted by Gasteiger charge is -2.07. The Bertz CT molecular complexity index is 1050. The van der Waals surface area contributed by atoms with Crippen LogP contribution in [0.3, 0.4) is 0 Å². The van der Waals surface area contributed by atoms with Gasteiger partial charge in [0.15, 0.2) is 0 Å². The summed E-state index contributed by atoms with van der Waals surface area (Å²) in [6.07, 6.45) is 2.80. The molecule has 3 aromatic rings. The van der Waals surface area contributed by atoms with E-state index in [1.54, 1.807) is 12.1 Å². The van der Waals surface area contributed by atoms with Gasteiger partial charge in [-0.2, -0.15) is 0 Å². The van der Waals surface area contributed by atoms with Crippen molar-refractivity contribution < 1.29 is 9.72 Å². The zero-order valence-electron chi connectivity index (χ0n) is 13.8. The molecular formula is C19H14ClN3O3. The van der Waals surface area contributed by atoms with Gasteiger partial charge in [-0.05, 0) is 36.8 Å². The van der Waals surface area contributed by atoms with E-state index in [2.05, 4.69) is 10.3 Å². The summed E-state index contributed by atoms with van der Waals surface area (Å²) in [6, 6.07) is 13.7. The fourth-order valence-electron chi connectivity index (χ4n) is 2.47. The lowest BCUT2D eigenvalue weighted by molar-refractivity contribution is -0.384. The Morgan fingerprint density at radius 2 is 2.04 bits per heavy atom. The van der Waals surface area contributed by atoms with Gasteiger partial charge in [-0.25, -0.2) is 0 Å². The summed E-state index contributed by atoms with van der Waals surface area (Å²) in [7, 11) is 0. The van der Waals surface area contributed by atoms with E-state index in [4.69, 9.17) is 11.6 Å². The van der Waals surface area contributed by atoms with E-state index in [0.717, 1.165) is 11.1 Å². The number of hydrogen-bond donors (Lipinski definition) is 1. The van der Waals surface area contributed by atoms with E-state index in [-0.39, 0.29) is 16.6 Å². The van der Waals surface area contributed by atoms with Crippen molar-refractivity contribution in [3.8, 4) is 0 Å². The predicted octanol–water partition coefficient (Wildman–Crippen LogP) is 4.76. The van der Waals surface area contributed by atoms with E-state index in [0.29, 0.717) is 16.8 Å². The molecule has 1 aromatic heterocycles. The Morgan fingerprint density at radius 1 is 1.23 bits per heavy atom.